The molecule has 2 aromatic rings. The van der Waals surface area contributed by atoms with Gasteiger partial charge in [0.15, 0.2) is 5.43 Å². The number of nitrogens with zero attached hydrogens (tertiary/aromatic N) is 1. The standard InChI is InChI=1S/C19H21NO6/c1-11-17(21)12(2)19(24-3)26-18(11)16-9-14(10-25-16)8-13-4-6-15(7-5-13)20(22)23/h4-8,16,22-23H,9-10H2,1-3H3/b14-8-/t16-/m1/s1. The molecule has 1 atom stereocenters. The van der Waals surface area contributed by atoms with Crippen LogP contribution in [0.4, 0.5) is 5.69 Å². The van der Waals surface area contributed by atoms with E-state index < -0.39 is 0 Å². The molecule has 7 heteroatoms. The zero-order valence-corrected chi connectivity index (χ0v) is 14.9. The Balaban J connectivity index is 1.82. The van der Waals surface area contributed by atoms with Gasteiger partial charge in [-0.25, -0.2) is 0 Å². The van der Waals surface area contributed by atoms with Gasteiger partial charge < -0.3 is 13.9 Å². The number of anilines is 1. The van der Waals surface area contributed by atoms with E-state index in [1.165, 1.54) is 7.11 Å². The fraction of sp³-hybridized carbons (Fsp3) is 0.316. The zero-order valence-electron chi connectivity index (χ0n) is 14.9. The summed E-state index contributed by atoms with van der Waals surface area (Å²) in [4.78, 5) is 12.3. The summed E-state index contributed by atoms with van der Waals surface area (Å²) in [6.45, 7) is 3.83. The van der Waals surface area contributed by atoms with E-state index in [0.29, 0.717) is 29.9 Å². The van der Waals surface area contributed by atoms with Crippen molar-refractivity contribution in [1.29, 1.82) is 0 Å². The van der Waals surface area contributed by atoms with Crippen LogP contribution in [-0.2, 0) is 4.74 Å². The Bertz CT molecular complexity index is 882. The Labute approximate surface area is 150 Å². The molecule has 1 aliphatic rings. The smallest absolute Gasteiger partial charge is 0.291 e. The van der Waals surface area contributed by atoms with Crippen molar-refractivity contribution in [3.8, 4) is 5.95 Å². The molecule has 0 amide bonds. The number of methoxy groups -OCH3 is 1. The highest BCUT2D eigenvalue weighted by molar-refractivity contribution is 5.57. The van der Waals surface area contributed by atoms with E-state index in [1.807, 2.05) is 6.08 Å². The summed E-state index contributed by atoms with van der Waals surface area (Å²) in [7, 11) is 1.47. The SMILES string of the molecule is COc1oc([C@H]2C/C(=C/c3ccc(N(O)O)cc3)CO2)c(C)c(=O)c1C. The Hall–Kier alpha value is -2.61. The molecule has 0 radical (unpaired) electrons. The van der Waals surface area contributed by atoms with Gasteiger partial charge in [-0.2, -0.15) is 0 Å². The largest absolute Gasteiger partial charge is 0.468 e. The highest BCUT2D eigenvalue weighted by atomic mass is 16.8. The monoisotopic (exact) mass is 359 g/mol. The van der Waals surface area contributed by atoms with Crippen LogP contribution in [0.2, 0.25) is 0 Å². The van der Waals surface area contributed by atoms with E-state index in [0.717, 1.165) is 11.1 Å². The fourth-order valence-electron chi connectivity index (χ4n) is 3.01. The highest BCUT2D eigenvalue weighted by Gasteiger charge is 2.28. The molecule has 1 fully saturated rings. The Kier molecular flexibility index (Phi) is 5.13. The lowest BCUT2D eigenvalue weighted by Crippen LogP contribution is -2.15. The molecule has 1 aliphatic heterocycles. The number of rotatable bonds is 4. The van der Waals surface area contributed by atoms with Gasteiger partial charge in [0, 0.05) is 12.0 Å². The van der Waals surface area contributed by atoms with Crippen LogP contribution >= 0.6 is 0 Å². The van der Waals surface area contributed by atoms with Gasteiger partial charge in [0.25, 0.3) is 5.95 Å². The highest BCUT2D eigenvalue weighted by Crippen LogP contribution is 2.36. The second-order valence-corrected chi connectivity index (χ2v) is 6.22. The van der Waals surface area contributed by atoms with E-state index >= 15 is 0 Å². The van der Waals surface area contributed by atoms with Crippen molar-refractivity contribution < 1.29 is 24.3 Å². The van der Waals surface area contributed by atoms with Crippen molar-refractivity contribution >= 4 is 11.8 Å². The summed E-state index contributed by atoms with van der Waals surface area (Å²) in [6, 6.07) is 6.73. The third kappa shape index (κ3) is 3.50. The van der Waals surface area contributed by atoms with Gasteiger partial charge in [-0.15, -0.1) is 5.23 Å². The molecule has 2 heterocycles. The van der Waals surface area contributed by atoms with Crippen LogP contribution < -0.4 is 15.4 Å². The predicted octanol–water partition coefficient (Wildman–Crippen LogP) is 3.40. The minimum Gasteiger partial charge on any atom is -0.468 e. The van der Waals surface area contributed by atoms with Crippen LogP contribution in [0, 0.1) is 13.8 Å². The second-order valence-electron chi connectivity index (χ2n) is 6.22. The first-order valence-corrected chi connectivity index (χ1v) is 8.18. The average Bonchev–Trinajstić information content (AvgIpc) is 3.08. The lowest BCUT2D eigenvalue weighted by atomic mass is 10.0. The maximum absolute atomic E-state index is 12.3. The summed E-state index contributed by atoms with van der Waals surface area (Å²) in [5.74, 6) is 0.706. The number of hydrogen-bond acceptors (Lipinski definition) is 7. The van der Waals surface area contributed by atoms with Crippen LogP contribution in [0.5, 0.6) is 5.95 Å². The van der Waals surface area contributed by atoms with E-state index in [4.69, 9.17) is 24.3 Å². The topological polar surface area (TPSA) is 92.4 Å². The minimum absolute atomic E-state index is 0.0706. The lowest BCUT2D eigenvalue weighted by molar-refractivity contribution is 0.0291. The molecule has 138 valence electrons. The maximum Gasteiger partial charge on any atom is 0.291 e. The summed E-state index contributed by atoms with van der Waals surface area (Å²) in [6.07, 6.45) is 2.24. The number of ether oxygens (including phenoxy) is 2. The molecule has 1 saturated heterocycles. The lowest BCUT2D eigenvalue weighted by Gasteiger charge is -2.13. The van der Waals surface area contributed by atoms with Crippen LogP contribution in [-0.4, -0.2) is 24.1 Å². The van der Waals surface area contributed by atoms with Crippen LogP contribution in [0.3, 0.4) is 0 Å². The van der Waals surface area contributed by atoms with Crippen molar-refractivity contribution in [2.24, 2.45) is 0 Å². The van der Waals surface area contributed by atoms with Gasteiger partial charge in [-0.1, -0.05) is 18.2 Å². The molecule has 3 rings (SSSR count). The first-order chi connectivity index (χ1) is 12.4. The molecular weight excluding hydrogens is 338 g/mol. The molecule has 0 bridgehead atoms. The van der Waals surface area contributed by atoms with Gasteiger partial charge in [0.1, 0.15) is 11.9 Å². The first-order valence-electron chi connectivity index (χ1n) is 8.18. The minimum atomic E-state index is -0.340. The van der Waals surface area contributed by atoms with Crippen LogP contribution in [0.1, 0.15) is 35.0 Å². The van der Waals surface area contributed by atoms with Crippen molar-refractivity contribution in [2.45, 2.75) is 26.4 Å². The van der Waals surface area contributed by atoms with Crippen LogP contribution in [0.15, 0.2) is 39.1 Å². The molecule has 0 spiro atoms. The average molecular weight is 359 g/mol. The summed E-state index contributed by atoms with van der Waals surface area (Å²) in [5.41, 5.74) is 3.12. The maximum atomic E-state index is 12.3. The first kappa shape index (κ1) is 18.2. The number of hydrogen-bond donors (Lipinski definition) is 2. The van der Waals surface area contributed by atoms with Crippen molar-refractivity contribution in [1.82, 2.24) is 0 Å². The third-order valence-corrected chi connectivity index (χ3v) is 4.45. The molecular formula is C19H21NO6. The zero-order chi connectivity index (χ0) is 18.8. The van der Waals surface area contributed by atoms with Gasteiger partial charge >= 0.3 is 0 Å². The molecule has 2 N–H and O–H groups in total. The summed E-state index contributed by atoms with van der Waals surface area (Å²) >= 11 is 0. The van der Waals surface area contributed by atoms with Crippen molar-refractivity contribution in [3.05, 3.63) is 62.5 Å². The summed E-state index contributed by atoms with van der Waals surface area (Å²) < 4.78 is 16.7. The van der Waals surface area contributed by atoms with Gasteiger partial charge in [0.2, 0.25) is 0 Å². The molecule has 26 heavy (non-hydrogen) atoms. The molecule has 0 unspecified atom stereocenters. The number of benzene rings is 1. The van der Waals surface area contributed by atoms with Gasteiger partial charge in [-0.05, 0) is 37.1 Å². The quantitative estimate of drug-likeness (QED) is 0.808. The molecule has 1 aromatic carbocycles. The Morgan fingerprint density at radius 2 is 1.88 bits per heavy atom. The Morgan fingerprint density at radius 1 is 1.19 bits per heavy atom. The van der Waals surface area contributed by atoms with E-state index in [1.54, 1.807) is 38.1 Å². The third-order valence-electron chi connectivity index (χ3n) is 4.45. The van der Waals surface area contributed by atoms with E-state index in [9.17, 15) is 4.79 Å². The van der Waals surface area contributed by atoms with Gasteiger partial charge in [0.05, 0.1) is 25.0 Å². The predicted molar refractivity (Wildman–Crippen MR) is 94.8 cm³/mol. The van der Waals surface area contributed by atoms with Crippen LogP contribution in [0.25, 0.3) is 6.08 Å². The van der Waals surface area contributed by atoms with Gasteiger partial charge in [-0.3, -0.25) is 15.2 Å². The fourth-order valence-corrected chi connectivity index (χ4v) is 3.01. The Morgan fingerprint density at radius 3 is 2.50 bits per heavy atom. The van der Waals surface area contributed by atoms with E-state index in [2.05, 4.69) is 0 Å². The summed E-state index contributed by atoms with van der Waals surface area (Å²) in [5, 5.41) is 18.0. The second kappa shape index (κ2) is 7.33. The van der Waals surface area contributed by atoms with Crippen molar-refractivity contribution in [2.75, 3.05) is 18.9 Å². The normalized spacial score (nSPS) is 18.3. The van der Waals surface area contributed by atoms with Crippen molar-refractivity contribution in [3.63, 3.8) is 0 Å². The molecule has 7 nitrogen and oxygen atoms in total. The van der Waals surface area contributed by atoms with E-state index in [-0.39, 0.29) is 28.4 Å². The molecule has 1 aromatic heterocycles. The molecule has 0 aliphatic carbocycles. The molecule has 0 saturated carbocycles.